The Morgan fingerprint density at radius 1 is 1.24 bits per heavy atom. The van der Waals surface area contributed by atoms with E-state index >= 15 is 0 Å². The first-order valence-electron chi connectivity index (χ1n) is 12.6. The summed E-state index contributed by atoms with van der Waals surface area (Å²) in [6, 6.07) is 12.8. The Morgan fingerprint density at radius 3 is 2.65 bits per heavy atom. The number of amidine groups is 1. The predicted octanol–water partition coefficient (Wildman–Crippen LogP) is 6.40. The first kappa shape index (κ1) is 24.7. The van der Waals surface area contributed by atoms with Crippen LogP contribution in [0, 0.1) is 5.41 Å². The summed E-state index contributed by atoms with van der Waals surface area (Å²) in [7, 11) is 0. The van der Waals surface area contributed by atoms with Gasteiger partial charge < -0.3 is 11.1 Å². The molecule has 2 aliphatic rings. The molecular weight excluding hydrogens is 444 g/mol. The molecule has 5 nitrogen and oxygen atoms in total. The maximum atomic E-state index is 13.2. The normalized spacial score (nSPS) is 23.8. The highest BCUT2D eigenvalue weighted by Gasteiger charge is 2.36. The van der Waals surface area contributed by atoms with Crippen LogP contribution in [0.1, 0.15) is 93.5 Å². The maximum absolute atomic E-state index is 13.2. The van der Waals surface area contributed by atoms with Gasteiger partial charge in [0, 0.05) is 34.4 Å². The summed E-state index contributed by atoms with van der Waals surface area (Å²) in [4.78, 5) is 15.9. The molecule has 2 aromatic carbocycles. The number of amides is 1. The van der Waals surface area contributed by atoms with Crippen LogP contribution in [-0.4, -0.2) is 28.7 Å². The van der Waals surface area contributed by atoms with E-state index in [9.17, 15) is 4.79 Å². The number of halogens is 1. The highest BCUT2D eigenvalue weighted by Crippen LogP contribution is 2.43. The van der Waals surface area contributed by atoms with Crippen LogP contribution in [0.15, 0.2) is 36.4 Å². The molecular formula is C28H37ClN4O. The van der Waals surface area contributed by atoms with E-state index in [-0.39, 0.29) is 23.7 Å². The second-order valence-corrected chi connectivity index (χ2v) is 10.5. The minimum absolute atomic E-state index is 0.0126. The van der Waals surface area contributed by atoms with Crippen LogP contribution in [0.3, 0.4) is 0 Å². The van der Waals surface area contributed by atoms with Crippen LogP contribution in [-0.2, 0) is 11.2 Å². The molecule has 0 aromatic heterocycles. The third-order valence-corrected chi connectivity index (χ3v) is 7.86. The zero-order valence-electron chi connectivity index (χ0n) is 20.5. The second-order valence-electron chi connectivity index (χ2n) is 10.0. The fourth-order valence-electron chi connectivity index (χ4n) is 5.92. The standard InChI is InChI=1S/C28H37ClN4O/c1-4-5-12-26(33-17(2)8-6-9-18(33)3)24-14-21(29)15-25-23(24)16-22(28(34)32-25)19-10-7-11-20(13-19)27(30)31/h7,10-11,13-15,17-18,22,26H,4-6,8-9,12,16H2,1-3H3,(H3,30,31)(H,32,34). The Bertz CT molecular complexity index is 1060. The van der Waals surface area contributed by atoms with Gasteiger partial charge in [0.15, 0.2) is 0 Å². The van der Waals surface area contributed by atoms with E-state index in [2.05, 4.69) is 37.1 Å². The lowest BCUT2D eigenvalue weighted by Crippen LogP contribution is -2.46. The molecule has 1 amide bonds. The number of benzene rings is 2. The summed E-state index contributed by atoms with van der Waals surface area (Å²) in [5.41, 5.74) is 10.5. The fraction of sp³-hybridized carbons (Fsp3) is 0.500. The van der Waals surface area contributed by atoms with Crippen molar-refractivity contribution in [2.75, 3.05) is 5.32 Å². The minimum atomic E-state index is -0.324. The van der Waals surface area contributed by atoms with Gasteiger partial charge in [0.05, 0.1) is 5.92 Å². The number of nitrogen functional groups attached to an aromatic ring is 1. The predicted molar refractivity (Wildman–Crippen MR) is 141 cm³/mol. The average Bonchev–Trinajstić information content (AvgIpc) is 2.80. The smallest absolute Gasteiger partial charge is 0.232 e. The topological polar surface area (TPSA) is 82.2 Å². The highest BCUT2D eigenvalue weighted by molar-refractivity contribution is 6.31. The number of rotatable bonds is 7. The molecule has 0 radical (unpaired) electrons. The van der Waals surface area contributed by atoms with E-state index in [4.69, 9.17) is 22.7 Å². The van der Waals surface area contributed by atoms with Gasteiger partial charge in [0.25, 0.3) is 0 Å². The molecule has 4 atom stereocenters. The number of hydrogen-bond donors (Lipinski definition) is 3. The largest absolute Gasteiger partial charge is 0.384 e. The third kappa shape index (κ3) is 5.01. The number of carbonyl (C=O) groups excluding carboxylic acids is 1. The second kappa shape index (κ2) is 10.5. The number of piperidine rings is 1. The molecule has 4 unspecified atom stereocenters. The third-order valence-electron chi connectivity index (χ3n) is 7.64. The maximum Gasteiger partial charge on any atom is 0.232 e. The van der Waals surface area contributed by atoms with Crippen molar-refractivity contribution in [3.05, 3.63) is 63.7 Å². The molecule has 34 heavy (non-hydrogen) atoms. The van der Waals surface area contributed by atoms with Gasteiger partial charge >= 0.3 is 0 Å². The summed E-state index contributed by atoms with van der Waals surface area (Å²) < 4.78 is 0. The molecule has 0 saturated carbocycles. The van der Waals surface area contributed by atoms with Crippen LogP contribution in [0.5, 0.6) is 0 Å². The van der Waals surface area contributed by atoms with Crippen LogP contribution >= 0.6 is 11.6 Å². The van der Waals surface area contributed by atoms with Crippen molar-refractivity contribution in [1.29, 1.82) is 5.41 Å². The van der Waals surface area contributed by atoms with Crippen molar-refractivity contribution >= 4 is 29.0 Å². The molecule has 2 aromatic rings. The summed E-state index contributed by atoms with van der Waals surface area (Å²) in [6.45, 7) is 6.94. The van der Waals surface area contributed by atoms with Crippen LogP contribution < -0.4 is 11.1 Å². The van der Waals surface area contributed by atoms with E-state index in [1.165, 1.54) is 30.4 Å². The fourth-order valence-corrected chi connectivity index (χ4v) is 6.15. The molecule has 2 heterocycles. The number of hydrogen-bond acceptors (Lipinski definition) is 3. The number of anilines is 1. The van der Waals surface area contributed by atoms with Gasteiger partial charge in [-0.1, -0.05) is 56.0 Å². The SMILES string of the molecule is CCCCC(c1cc(Cl)cc2c1CC(c1cccc(C(=N)N)c1)C(=O)N2)N1C(C)CCCC1C. The Balaban J connectivity index is 1.77. The number of nitrogens with zero attached hydrogens (tertiary/aromatic N) is 1. The number of likely N-dealkylation sites (tertiary alicyclic amines) is 1. The quantitative estimate of drug-likeness (QED) is 0.317. The van der Waals surface area contributed by atoms with Crippen molar-refractivity contribution in [2.24, 2.45) is 5.73 Å². The Kier molecular flexibility index (Phi) is 7.63. The molecule has 0 aliphatic carbocycles. The van der Waals surface area contributed by atoms with E-state index < -0.39 is 0 Å². The van der Waals surface area contributed by atoms with Crippen LogP contribution in [0.25, 0.3) is 0 Å². The number of nitrogens with two attached hydrogens (primary N) is 1. The van der Waals surface area contributed by atoms with E-state index in [0.717, 1.165) is 30.5 Å². The lowest BCUT2D eigenvalue weighted by Gasteiger charge is -2.45. The average molecular weight is 481 g/mol. The number of nitrogens with one attached hydrogen (secondary N) is 2. The number of fused-ring (bicyclic) bond motifs is 1. The van der Waals surface area contributed by atoms with Crippen molar-refractivity contribution in [3.8, 4) is 0 Å². The summed E-state index contributed by atoms with van der Waals surface area (Å²) in [5.74, 6) is -0.348. The summed E-state index contributed by atoms with van der Waals surface area (Å²) >= 11 is 6.62. The Morgan fingerprint density at radius 2 is 1.97 bits per heavy atom. The molecule has 4 N–H and O–H groups in total. The highest BCUT2D eigenvalue weighted by atomic mass is 35.5. The van der Waals surface area contributed by atoms with Gasteiger partial charge in [0.1, 0.15) is 5.84 Å². The Labute approximate surface area is 208 Å². The first-order valence-corrected chi connectivity index (χ1v) is 13.0. The molecule has 2 aliphatic heterocycles. The van der Waals surface area contributed by atoms with E-state index in [1.807, 2.05) is 30.3 Å². The van der Waals surface area contributed by atoms with Crippen molar-refractivity contribution < 1.29 is 4.79 Å². The van der Waals surface area contributed by atoms with E-state index in [0.29, 0.717) is 29.1 Å². The van der Waals surface area contributed by atoms with Gasteiger partial charge in [-0.25, -0.2) is 0 Å². The van der Waals surface area contributed by atoms with Crippen LogP contribution in [0.4, 0.5) is 5.69 Å². The Hall–Kier alpha value is -2.37. The van der Waals surface area contributed by atoms with Crippen molar-refractivity contribution in [1.82, 2.24) is 4.90 Å². The molecule has 0 spiro atoms. The molecule has 6 heteroatoms. The molecule has 0 bridgehead atoms. The van der Waals surface area contributed by atoms with Gasteiger partial charge in [-0.15, -0.1) is 0 Å². The summed E-state index contributed by atoms with van der Waals surface area (Å²) in [5, 5.41) is 11.6. The lowest BCUT2D eigenvalue weighted by molar-refractivity contribution is -0.117. The number of unbranched alkanes of at least 4 members (excludes halogenated alkanes) is 1. The lowest BCUT2D eigenvalue weighted by atomic mass is 9.81. The van der Waals surface area contributed by atoms with Crippen LogP contribution in [0.2, 0.25) is 5.02 Å². The van der Waals surface area contributed by atoms with Gasteiger partial charge in [-0.2, -0.15) is 0 Å². The molecule has 4 rings (SSSR count). The van der Waals surface area contributed by atoms with Gasteiger partial charge in [-0.3, -0.25) is 15.1 Å². The van der Waals surface area contributed by atoms with Gasteiger partial charge in [0.2, 0.25) is 5.91 Å². The monoisotopic (exact) mass is 480 g/mol. The summed E-state index contributed by atoms with van der Waals surface area (Å²) in [6.07, 6.45) is 7.70. The minimum Gasteiger partial charge on any atom is -0.384 e. The van der Waals surface area contributed by atoms with Crippen molar-refractivity contribution in [3.63, 3.8) is 0 Å². The zero-order valence-corrected chi connectivity index (χ0v) is 21.3. The molecule has 1 fully saturated rings. The van der Waals surface area contributed by atoms with E-state index in [1.54, 1.807) is 0 Å². The number of carbonyl (C=O) groups is 1. The molecule has 182 valence electrons. The first-order chi connectivity index (χ1) is 16.3. The van der Waals surface area contributed by atoms with Crippen molar-refractivity contribution in [2.45, 2.75) is 89.8 Å². The zero-order chi connectivity index (χ0) is 24.4. The molecule has 1 saturated heterocycles. The van der Waals surface area contributed by atoms with Gasteiger partial charge in [-0.05, 0) is 74.4 Å².